The van der Waals surface area contributed by atoms with Crippen LogP contribution in [0.4, 0.5) is 5.69 Å². The summed E-state index contributed by atoms with van der Waals surface area (Å²) in [6.07, 6.45) is 2.12. The van der Waals surface area contributed by atoms with Crippen LogP contribution < -0.4 is 20.4 Å². The Morgan fingerprint density at radius 2 is 1.81 bits per heavy atom. The molecule has 1 aromatic carbocycles. The minimum Gasteiger partial charge on any atom is -0.351 e. The predicted molar refractivity (Wildman–Crippen MR) is 106 cm³/mol. The molecule has 4 N–H and O–H groups in total. The molecule has 1 aliphatic heterocycles. The maximum Gasteiger partial charge on any atom is 0.282 e. The van der Waals surface area contributed by atoms with Crippen molar-refractivity contribution in [2.24, 2.45) is 0 Å². The van der Waals surface area contributed by atoms with Crippen LogP contribution in [0.5, 0.6) is 0 Å². The SMILES string of the molecule is CCCCNC(=O)C[NH+]1CC[NH+]([C@@H](C)C(=O)Nc2ccc(Br)cc2)CC1. The minimum atomic E-state index is -0.0985. The third-order valence-corrected chi connectivity index (χ3v) is 5.51. The summed E-state index contributed by atoms with van der Waals surface area (Å²) in [4.78, 5) is 27.0. The highest BCUT2D eigenvalue weighted by Crippen LogP contribution is 2.14. The lowest BCUT2D eigenvalue weighted by molar-refractivity contribution is -1.01. The molecular formula is C19H31BrN4O2+2. The van der Waals surface area contributed by atoms with Crippen molar-refractivity contribution < 1.29 is 19.4 Å². The number of amides is 2. The number of nitrogens with one attached hydrogen (secondary N) is 4. The Hall–Kier alpha value is -1.44. The fourth-order valence-corrected chi connectivity index (χ4v) is 3.46. The standard InChI is InChI=1S/C19H29BrN4O2/c1-3-4-9-21-18(25)14-23-10-12-24(13-11-23)15(2)19(26)22-17-7-5-16(20)6-8-17/h5-8,15H,3-4,9-14H2,1-2H3,(H,21,25)(H,22,26)/p+2/t15-/m0/s1. The highest BCUT2D eigenvalue weighted by atomic mass is 79.9. The second kappa shape index (κ2) is 10.6. The summed E-state index contributed by atoms with van der Waals surface area (Å²) in [6, 6.07) is 7.52. The molecule has 2 amide bonds. The van der Waals surface area contributed by atoms with Crippen LogP contribution in [0.15, 0.2) is 28.7 Å². The first-order valence-corrected chi connectivity index (χ1v) is 10.3. The molecule has 0 aromatic heterocycles. The Balaban J connectivity index is 1.73. The van der Waals surface area contributed by atoms with Gasteiger partial charge in [-0.3, -0.25) is 9.59 Å². The van der Waals surface area contributed by atoms with E-state index in [0.717, 1.165) is 55.7 Å². The summed E-state index contributed by atoms with van der Waals surface area (Å²) in [5.41, 5.74) is 0.817. The van der Waals surface area contributed by atoms with Crippen molar-refractivity contribution in [3.63, 3.8) is 0 Å². The predicted octanol–water partition coefficient (Wildman–Crippen LogP) is -0.524. The zero-order valence-corrected chi connectivity index (χ0v) is 17.3. The number of anilines is 1. The van der Waals surface area contributed by atoms with Gasteiger partial charge in [-0.2, -0.15) is 0 Å². The Labute approximate surface area is 164 Å². The van der Waals surface area contributed by atoms with Crippen LogP contribution >= 0.6 is 15.9 Å². The van der Waals surface area contributed by atoms with Gasteiger partial charge in [0, 0.05) is 16.7 Å². The summed E-state index contributed by atoms with van der Waals surface area (Å²) < 4.78 is 0.993. The van der Waals surface area contributed by atoms with Crippen molar-refractivity contribution in [3.05, 3.63) is 28.7 Å². The van der Waals surface area contributed by atoms with Crippen molar-refractivity contribution >= 4 is 33.4 Å². The van der Waals surface area contributed by atoms with E-state index in [1.54, 1.807) is 0 Å². The number of carbonyl (C=O) groups excluding carboxylic acids is 2. The van der Waals surface area contributed by atoms with Crippen molar-refractivity contribution in [3.8, 4) is 0 Å². The van der Waals surface area contributed by atoms with E-state index in [0.29, 0.717) is 6.54 Å². The van der Waals surface area contributed by atoms with E-state index in [4.69, 9.17) is 0 Å². The summed E-state index contributed by atoms with van der Waals surface area (Å²) in [6.45, 7) is 9.07. The van der Waals surface area contributed by atoms with Gasteiger partial charge in [0.2, 0.25) is 0 Å². The molecule has 26 heavy (non-hydrogen) atoms. The lowest BCUT2D eigenvalue weighted by Crippen LogP contribution is -3.30. The normalized spacial score (nSPS) is 21.0. The van der Waals surface area contributed by atoms with Crippen LogP contribution in [0.2, 0.25) is 0 Å². The molecule has 0 bridgehead atoms. The van der Waals surface area contributed by atoms with Gasteiger partial charge in [-0.15, -0.1) is 0 Å². The van der Waals surface area contributed by atoms with E-state index in [-0.39, 0.29) is 17.9 Å². The topological polar surface area (TPSA) is 67.1 Å². The zero-order chi connectivity index (χ0) is 18.9. The molecule has 144 valence electrons. The average molecular weight is 427 g/mol. The molecule has 1 atom stereocenters. The van der Waals surface area contributed by atoms with E-state index < -0.39 is 0 Å². The minimum absolute atomic E-state index is 0.0445. The van der Waals surface area contributed by atoms with E-state index >= 15 is 0 Å². The van der Waals surface area contributed by atoms with Gasteiger partial charge in [0.1, 0.15) is 26.2 Å². The summed E-state index contributed by atoms with van der Waals surface area (Å²) in [5, 5.41) is 5.97. The molecular weight excluding hydrogens is 396 g/mol. The van der Waals surface area contributed by atoms with E-state index in [1.165, 1.54) is 9.80 Å². The number of hydrogen-bond donors (Lipinski definition) is 4. The van der Waals surface area contributed by atoms with E-state index in [2.05, 4.69) is 33.5 Å². The second-order valence-corrected chi connectivity index (χ2v) is 7.92. The molecule has 1 aliphatic rings. The Bertz CT molecular complexity index is 586. The smallest absolute Gasteiger partial charge is 0.282 e. The molecule has 7 heteroatoms. The van der Waals surface area contributed by atoms with Crippen LogP contribution in [-0.2, 0) is 9.59 Å². The van der Waals surface area contributed by atoms with Gasteiger partial charge in [-0.05, 0) is 37.6 Å². The lowest BCUT2D eigenvalue weighted by Gasteiger charge is -2.32. The quantitative estimate of drug-likeness (QED) is 0.422. The number of carbonyl (C=O) groups is 2. The molecule has 2 rings (SSSR count). The fourth-order valence-electron chi connectivity index (χ4n) is 3.20. The third kappa shape index (κ3) is 6.70. The first kappa shape index (κ1) is 20.9. The Morgan fingerprint density at radius 1 is 1.15 bits per heavy atom. The molecule has 0 radical (unpaired) electrons. The summed E-state index contributed by atoms with van der Waals surface area (Å²) in [5.74, 6) is 0.181. The van der Waals surface area contributed by atoms with Gasteiger partial charge < -0.3 is 20.4 Å². The van der Waals surface area contributed by atoms with Crippen molar-refractivity contribution in [2.75, 3.05) is 44.6 Å². The van der Waals surface area contributed by atoms with Gasteiger partial charge >= 0.3 is 0 Å². The first-order chi connectivity index (χ1) is 12.5. The Kier molecular flexibility index (Phi) is 8.54. The molecule has 6 nitrogen and oxygen atoms in total. The first-order valence-electron chi connectivity index (χ1n) is 9.51. The van der Waals surface area contributed by atoms with Gasteiger partial charge in [0.05, 0.1) is 0 Å². The van der Waals surface area contributed by atoms with Crippen LogP contribution in [0, 0.1) is 0 Å². The highest BCUT2D eigenvalue weighted by molar-refractivity contribution is 9.10. The van der Waals surface area contributed by atoms with E-state index in [1.807, 2.05) is 31.2 Å². The number of rotatable bonds is 8. The van der Waals surface area contributed by atoms with Gasteiger partial charge in [-0.25, -0.2) is 0 Å². The van der Waals surface area contributed by atoms with E-state index in [9.17, 15) is 9.59 Å². The molecule has 0 spiro atoms. The zero-order valence-electron chi connectivity index (χ0n) is 15.7. The molecule has 1 fully saturated rings. The molecule has 0 saturated carbocycles. The van der Waals surface area contributed by atoms with Crippen LogP contribution in [-0.4, -0.2) is 57.1 Å². The number of halogens is 1. The number of unbranched alkanes of at least 4 members (excludes halogenated alkanes) is 1. The van der Waals surface area contributed by atoms with Gasteiger partial charge in [0.25, 0.3) is 11.8 Å². The Morgan fingerprint density at radius 3 is 2.42 bits per heavy atom. The average Bonchev–Trinajstić information content (AvgIpc) is 2.64. The third-order valence-electron chi connectivity index (χ3n) is 4.98. The van der Waals surface area contributed by atoms with Crippen molar-refractivity contribution in [1.82, 2.24) is 5.32 Å². The summed E-state index contributed by atoms with van der Waals surface area (Å²) in [7, 11) is 0. The van der Waals surface area contributed by atoms with Gasteiger partial charge in [-0.1, -0.05) is 29.3 Å². The molecule has 0 aliphatic carbocycles. The largest absolute Gasteiger partial charge is 0.351 e. The van der Waals surface area contributed by atoms with Crippen molar-refractivity contribution in [2.45, 2.75) is 32.7 Å². The van der Waals surface area contributed by atoms with Crippen molar-refractivity contribution in [1.29, 1.82) is 0 Å². The monoisotopic (exact) mass is 426 g/mol. The number of quaternary nitrogens is 2. The lowest BCUT2D eigenvalue weighted by atomic mass is 10.2. The van der Waals surface area contributed by atoms with Crippen LogP contribution in [0.3, 0.4) is 0 Å². The molecule has 1 saturated heterocycles. The van der Waals surface area contributed by atoms with Gasteiger partial charge in [0.15, 0.2) is 12.6 Å². The number of benzene rings is 1. The molecule has 1 heterocycles. The fraction of sp³-hybridized carbons (Fsp3) is 0.579. The second-order valence-electron chi connectivity index (χ2n) is 7.01. The number of hydrogen-bond acceptors (Lipinski definition) is 2. The maximum absolute atomic E-state index is 12.5. The summed E-state index contributed by atoms with van der Waals surface area (Å²) >= 11 is 3.40. The number of piperazine rings is 1. The van der Waals surface area contributed by atoms with Crippen LogP contribution in [0.25, 0.3) is 0 Å². The highest BCUT2D eigenvalue weighted by Gasteiger charge is 2.31. The van der Waals surface area contributed by atoms with Crippen LogP contribution in [0.1, 0.15) is 26.7 Å². The molecule has 0 unspecified atom stereocenters. The molecule has 1 aromatic rings. The maximum atomic E-state index is 12.5.